The highest BCUT2D eigenvalue weighted by atomic mass is 32.2. The van der Waals surface area contributed by atoms with Crippen LogP contribution in [0.15, 0.2) is 17.6 Å². The molecule has 0 spiro atoms. The SMILES string of the molecule is O=S(=O)(c1ncc(F)cn1)[C@@H]1CCCNC1. The van der Waals surface area contributed by atoms with E-state index in [1.165, 1.54) is 0 Å². The van der Waals surface area contributed by atoms with Crippen LogP contribution in [0.3, 0.4) is 0 Å². The van der Waals surface area contributed by atoms with Crippen molar-refractivity contribution in [3.8, 4) is 0 Å². The van der Waals surface area contributed by atoms with Gasteiger partial charge in [0.1, 0.15) is 0 Å². The summed E-state index contributed by atoms with van der Waals surface area (Å²) in [6.45, 7) is 1.24. The summed E-state index contributed by atoms with van der Waals surface area (Å²) < 4.78 is 36.6. The van der Waals surface area contributed by atoms with Crippen LogP contribution in [0.1, 0.15) is 12.8 Å². The van der Waals surface area contributed by atoms with Gasteiger partial charge in [-0.3, -0.25) is 0 Å². The lowest BCUT2D eigenvalue weighted by atomic mass is 10.2. The third-order valence-corrected chi connectivity index (χ3v) is 4.54. The van der Waals surface area contributed by atoms with E-state index < -0.39 is 20.9 Å². The Morgan fingerprint density at radius 3 is 2.62 bits per heavy atom. The zero-order chi connectivity index (χ0) is 11.6. The molecule has 5 nitrogen and oxygen atoms in total. The molecule has 2 heterocycles. The molecule has 0 bridgehead atoms. The molecular weight excluding hydrogens is 233 g/mol. The summed E-state index contributed by atoms with van der Waals surface area (Å²) >= 11 is 0. The maximum absolute atomic E-state index is 12.6. The summed E-state index contributed by atoms with van der Waals surface area (Å²) in [5.41, 5.74) is 0. The van der Waals surface area contributed by atoms with Gasteiger partial charge in [0.05, 0.1) is 17.6 Å². The number of hydrogen-bond acceptors (Lipinski definition) is 5. The van der Waals surface area contributed by atoms with Crippen molar-refractivity contribution >= 4 is 9.84 Å². The van der Waals surface area contributed by atoms with Gasteiger partial charge < -0.3 is 5.32 Å². The molecule has 16 heavy (non-hydrogen) atoms. The number of aromatic nitrogens is 2. The van der Waals surface area contributed by atoms with Gasteiger partial charge in [0.2, 0.25) is 15.0 Å². The monoisotopic (exact) mass is 245 g/mol. The molecule has 1 N–H and O–H groups in total. The first-order valence-corrected chi connectivity index (χ1v) is 6.57. The highest BCUT2D eigenvalue weighted by molar-refractivity contribution is 7.91. The first-order chi connectivity index (χ1) is 7.60. The molecule has 1 fully saturated rings. The summed E-state index contributed by atoms with van der Waals surface area (Å²) in [6, 6.07) is 0. The Morgan fingerprint density at radius 1 is 1.38 bits per heavy atom. The third-order valence-electron chi connectivity index (χ3n) is 2.54. The lowest BCUT2D eigenvalue weighted by molar-refractivity contribution is 0.492. The minimum Gasteiger partial charge on any atom is -0.315 e. The highest BCUT2D eigenvalue weighted by Crippen LogP contribution is 2.17. The van der Waals surface area contributed by atoms with Gasteiger partial charge in [-0.15, -0.1) is 0 Å². The number of nitrogens with zero attached hydrogens (tertiary/aromatic N) is 2. The standard InChI is InChI=1S/C9H12FN3O2S/c10-7-4-12-9(13-5-7)16(14,15)8-2-1-3-11-6-8/h4-5,8,11H,1-3,6H2/t8-/m1/s1. The first-order valence-electron chi connectivity index (χ1n) is 5.03. The van der Waals surface area contributed by atoms with Crippen molar-refractivity contribution < 1.29 is 12.8 Å². The second kappa shape index (κ2) is 4.42. The molecule has 1 atom stereocenters. The molecular formula is C9H12FN3O2S. The molecule has 1 aliphatic rings. The fraction of sp³-hybridized carbons (Fsp3) is 0.556. The van der Waals surface area contributed by atoms with Crippen LogP contribution in [0.25, 0.3) is 0 Å². The summed E-state index contributed by atoms with van der Waals surface area (Å²) in [6.07, 6.45) is 3.15. The maximum atomic E-state index is 12.6. The Morgan fingerprint density at radius 2 is 2.06 bits per heavy atom. The molecule has 0 saturated carbocycles. The average molecular weight is 245 g/mol. The first kappa shape index (κ1) is 11.4. The van der Waals surface area contributed by atoms with E-state index >= 15 is 0 Å². The van der Waals surface area contributed by atoms with Gasteiger partial charge in [-0.25, -0.2) is 22.8 Å². The molecule has 1 aliphatic heterocycles. The van der Waals surface area contributed by atoms with Crippen molar-refractivity contribution in [3.05, 3.63) is 18.2 Å². The normalized spacial score (nSPS) is 21.9. The summed E-state index contributed by atoms with van der Waals surface area (Å²) in [7, 11) is -3.53. The van der Waals surface area contributed by atoms with Gasteiger partial charge in [-0.2, -0.15) is 0 Å². The van der Waals surface area contributed by atoms with Crippen molar-refractivity contribution in [2.45, 2.75) is 23.2 Å². The molecule has 0 amide bonds. The molecule has 1 aromatic heterocycles. The Hall–Kier alpha value is -1.08. The second-order valence-corrected chi connectivity index (χ2v) is 5.82. The van der Waals surface area contributed by atoms with Gasteiger partial charge in [0, 0.05) is 6.54 Å². The predicted octanol–water partition coefficient (Wildman–Crippen LogP) is 0.141. The molecule has 1 saturated heterocycles. The van der Waals surface area contributed by atoms with Crippen LogP contribution in [0.4, 0.5) is 4.39 Å². The van der Waals surface area contributed by atoms with Crippen LogP contribution >= 0.6 is 0 Å². The number of hydrogen-bond donors (Lipinski definition) is 1. The number of halogens is 1. The Labute approximate surface area is 93.0 Å². The molecule has 0 unspecified atom stereocenters. The Kier molecular flexibility index (Phi) is 3.15. The zero-order valence-corrected chi connectivity index (χ0v) is 9.37. The van der Waals surface area contributed by atoms with Crippen molar-refractivity contribution in [1.29, 1.82) is 0 Å². The largest absolute Gasteiger partial charge is 0.315 e. The second-order valence-electron chi connectivity index (χ2n) is 3.70. The van der Waals surface area contributed by atoms with Gasteiger partial charge in [-0.05, 0) is 19.4 Å². The smallest absolute Gasteiger partial charge is 0.247 e. The lowest BCUT2D eigenvalue weighted by Crippen LogP contribution is -2.39. The number of sulfone groups is 1. The van der Waals surface area contributed by atoms with Crippen LogP contribution in [-0.2, 0) is 9.84 Å². The maximum Gasteiger partial charge on any atom is 0.247 e. The van der Waals surface area contributed by atoms with E-state index in [1.54, 1.807) is 0 Å². The molecule has 2 rings (SSSR count). The molecule has 1 aromatic rings. The fourth-order valence-electron chi connectivity index (χ4n) is 1.68. The molecule has 0 aromatic carbocycles. The van der Waals surface area contributed by atoms with E-state index in [0.717, 1.165) is 25.4 Å². The summed E-state index contributed by atoms with van der Waals surface area (Å²) in [4.78, 5) is 7.05. The number of piperidine rings is 1. The molecule has 7 heteroatoms. The fourth-order valence-corrected chi connectivity index (χ4v) is 3.19. The van der Waals surface area contributed by atoms with Crippen LogP contribution in [0.2, 0.25) is 0 Å². The van der Waals surface area contributed by atoms with Crippen LogP contribution in [0, 0.1) is 5.82 Å². The molecule has 0 aliphatic carbocycles. The predicted molar refractivity (Wildman–Crippen MR) is 55.1 cm³/mol. The Balaban J connectivity index is 2.27. The van der Waals surface area contributed by atoms with Gasteiger partial charge >= 0.3 is 0 Å². The topological polar surface area (TPSA) is 72.0 Å². The van der Waals surface area contributed by atoms with Crippen molar-refractivity contribution in [2.75, 3.05) is 13.1 Å². The van der Waals surface area contributed by atoms with Crippen molar-refractivity contribution in [1.82, 2.24) is 15.3 Å². The zero-order valence-electron chi connectivity index (χ0n) is 8.56. The molecule has 88 valence electrons. The minimum absolute atomic E-state index is 0.289. The quantitative estimate of drug-likeness (QED) is 0.750. The molecule has 0 radical (unpaired) electrons. The average Bonchev–Trinajstić information content (AvgIpc) is 2.31. The van der Waals surface area contributed by atoms with Gasteiger partial charge in [0.25, 0.3) is 0 Å². The van der Waals surface area contributed by atoms with E-state index in [0.29, 0.717) is 13.0 Å². The van der Waals surface area contributed by atoms with E-state index in [-0.39, 0.29) is 5.16 Å². The van der Waals surface area contributed by atoms with E-state index in [9.17, 15) is 12.8 Å². The van der Waals surface area contributed by atoms with Gasteiger partial charge in [0.15, 0.2) is 5.82 Å². The van der Waals surface area contributed by atoms with Crippen LogP contribution in [0.5, 0.6) is 0 Å². The Bertz CT molecular complexity index is 454. The van der Waals surface area contributed by atoms with Crippen molar-refractivity contribution in [3.63, 3.8) is 0 Å². The summed E-state index contributed by atoms with van der Waals surface area (Å²) in [5, 5.41) is 2.22. The van der Waals surface area contributed by atoms with Crippen LogP contribution < -0.4 is 5.32 Å². The van der Waals surface area contributed by atoms with Crippen LogP contribution in [-0.4, -0.2) is 36.7 Å². The number of nitrogens with one attached hydrogen (secondary N) is 1. The van der Waals surface area contributed by atoms with Gasteiger partial charge in [-0.1, -0.05) is 0 Å². The van der Waals surface area contributed by atoms with Crippen molar-refractivity contribution in [2.24, 2.45) is 0 Å². The van der Waals surface area contributed by atoms with E-state index in [1.807, 2.05) is 0 Å². The summed E-state index contributed by atoms with van der Waals surface area (Å²) in [5.74, 6) is -0.638. The number of rotatable bonds is 2. The van der Waals surface area contributed by atoms with E-state index in [2.05, 4.69) is 15.3 Å². The minimum atomic E-state index is -3.53. The van der Waals surface area contributed by atoms with E-state index in [4.69, 9.17) is 0 Å². The third kappa shape index (κ3) is 2.19. The lowest BCUT2D eigenvalue weighted by Gasteiger charge is -2.21. The highest BCUT2D eigenvalue weighted by Gasteiger charge is 2.31.